The van der Waals surface area contributed by atoms with Crippen molar-refractivity contribution in [3.63, 3.8) is 0 Å². The Kier molecular flexibility index (Phi) is 8.54. The Bertz CT molecular complexity index is 2070. The van der Waals surface area contributed by atoms with Gasteiger partial charge in [-0.25, -0.2) is 9.59 Å². The van der Waals surface area contributed by atoms with E-state index in [0.29, 0.717) is 21.7 Å². The van der Waals surface area contributed by atoms with E-state index in [-0.39, 0.29) is 34.8 Å². The van der Waals surface area contributed by atoms with Gasteiger partial charge in [0, 0.05) is 17.5 Å². The number of halogens is 3. The fourth-order valence-corrected chi connectivity index (χ4v) is 5.59. The molecule has 0 unspecified atom stereocenters. The molecule has 0 aromatic heterocycles. The molecule has 0 spiro atoms. The maximum Gasteiger partial charge on any atom is 0.422 e. The number of fused-ring (bicyclic) bond motifs is 2. The molecule has 47 heavy (non-hydrogen) atoms. The van der Waals surface area contributed by atoms with Crippen molar-refractivity contribution in [1.29, 1.82) is 0 Å². The molecule has 0 saturated heterocycles. The number of amides is 1. The molecule has 1 atom stereocenters. The van der Waals surface area contributed by atoms with Gasteiger partial charge in [-0.3, -0.25) is 5.32 Å². The molecule has 0 aliphatic heterocycles. The van der Waals surface area contributed by atoms with Gasteiger partial charge in [0.2, 0.25) is 5.54 Å². The number of carbonyl (C=O) groups excluding carboxylic acids is 2. The van der Waals surface area contributed by atoms with E-state index >= 15 is 13.2 Å². The molecule has 236 valence electrons. The maximum atomic E-state index is 15.3. The number of esters is 1. The predicted octanol–water partition coefficient (Wildman–Crippen LogP) is 8.74. The second-order valence-corrected chi connectivity index (χ2v) is 11.0. The summed E-state index contributed by atoms with van der Waals surface area (Å²) < 4.78 is 56.7. The lowest BCUT2D eigenvalue weighted by molar-refractivity contribution is -0.206. The largest absolute Gasteiger partial charge is 0.507 e. The number of rotatable bonds is 8. The van der Waals surface area contributed by atoms with Crippen molar-refractivity contribution < 1.29 is 37.3 Å². The Morgan fingerprint density at radius 1 is 0.638 bits per heavy atom. The van der Waals surface area contributed by atoms with Gasteiger partial charge in [0.25, 0.3) is 0 Å². The molecule has 1 amide bonds. The summed E-state index contributed by atoms with van der Waals surface area (Å²) in [6.07, 6.45) is -7.76. The average molecular weight is 636 g/mol. The minimum absolute atomic E-state index is 0.121. The summed E-state index contributed by atoms with van der Waals surface area (Å²) in [6.45, 7) is -0.323. The summed E-state index contributed by atoms with van der Waals surface area (Å²) in [4.78, 5) is 27.1. The van der Waals surface area contributed by atoms with Gasteiger partial charge >= 0.3 is 18.2 Å². The first kappa shape index (κ1) is 31.2. The quantitative estimate of drug-likeness (QED) is 0.129. The first-order chi connectivity index (χ1) is 22.7. The lowest BCUT2D eigenvalue weighted by Crippen LogP contribution is -2.66. The number of carbonyl (C=O) groups is 2. The highest BCUT2D eigenvalue weighted by Gasteiger charge is 2.63. The summed E-state index contributed by atoms with van der Waals surface area (Å²) in [5.74, 6) is -2.17. The van der Waals surface area contributed by atoms with E-state index < -0.39 is 30.2 Å². The van der Waals surface area contributed by atoms with Gasteiger partial charge in [-0.05, 0) is 44.8 Å². The Morgan fingerprint density at radius 3 is 1.79 bits per heavy atom. The third kappa shape index (κ3) is 6.33. The average Bonchev–Trinajstić information content (AvgIpc) is 3.07. The van der Waals surface area contributed by atoms with E-state index in [4.69, 9.17) is 9.47 Å². The van der Waals surface area contributed by atoms with Crippen LogP contribution in [0.5, 0.6) is 11.5 Å². The van der Waals surface area contributed by atoms with Gasteiger partial charge < -0.3 is 14.6 Å². The third-order valence-corrected chi connectivity index (χ3v) is 7.92. The van der Waals surface area contributed by atoms with Gasteiger partial charge in [-0.15, -0.1) is 0 Å². The number of phenolic OH excluding ortho intramolecular Hbond substituents is 1. The molecule has 0 saturated carbocycles. The molecular formula is C38H28F3NO5. The first-order valence-electron chi connectivity index (χ1n) is 14.7. The van der Waals surface area contributed by atoms with Crippen molar-refractivity contribution in [2.45, 2.75) is 24.7 Å². The minimum atomic E-state index is -5.33. The zero-order chi connectivity index (χ0) is 33.0. The number of alkyl carbamates (subject to hydrolysis) is 1. The van der Waals surface area contributed by atoms with Crippen molar-refractivity contribution in [3.8, 4) is 22.6 Å². The van der Waals surface area contributed by atoms with Crippen LogP contribution >= 0.6 is 0 Å². The van der Waals surface area contributed by atoms with Crippen LogP contribution in [0.15, 0.2) is 133 Å². The molecule has 0 aliphatic carbocycles. The zero-order valence-corrected chi connectivity index (χ0v) is 24.8. The summed E-state index contributed by atoms with van der Waals surface area (Å²) >= 11 is 0. The molecule has 6 aromatic rings. The van der Waals surface area contributed by atoms with Gasteiger partial charge in [-0.1, -0.05) is 121 Å². The molecule has 0 bridgehead atoms. The van der Waals surface area contributed by atoms with Crippen LogP contribution in [-0.4, -0.2) is 28.9 Å². The molecule has 6 aromatic carbocycles. The second-order valence-electron chi connectivity index (χ2n) is 11.0. The number of benzene rings is 6. The third-order valence-electron chi connectivity index (χ3n) is 7.92. The Morgan fingerprint density at radius 2 is 1.17 bits per heavy atom. The minimum Gasteiger partial charge on any atom is -0.507 e. The zero-order valence-electron chi connectivity index (χ0n) is 24.8. The van der Waals surface area contributed by atoms with E-state index in [1.54, 1.807) is 84.9 Å². The number of ether oxygens (including phenoxy) is 2. The van der Waals surface area contributed by atoms with E-state index in [2.05, 4.69) is 0 Å². The van der Waals surface area contributed by atoms with Crippen molar-refractivity contribution in [3.05, 3.63) is 145 Å². The highest BCUT2D eigenvalue weighted by Crippen LogP contribution is 2.46. The van der Waals surface area contributed by atoms with Crippen molar-refractivity contribution in [2.75, 3.05) is 0 Å². The highest BCUT2D eigenvalue weighted by atomic mass is 19.4. The van der Waals surface area contributed by atoms with Gasteiger partial charge in [0.05, 0.1) is 0 Å². The van der Waals surface area contributed by atoms with Crippen molar-refractivity contribution in [1.82, 2.24) is 5.32 Å². The number of hydrogen-bond acceptors (Lipinski definition) is 5. The summed E-state index contributed by atoms with van der Waals surface area (Å²) in [7, 11) is 0. The number of phenols is 1. The number of aromatic hydroxyl groups is 1. The van der Waals surface area contributed by atoms with Gasteiger partial charge in [-0.2, -0.15) is 13.2 Å². The molecule has 6 rings (SSSR count). The van der Waals surface area contributed by atoms with Crippen LogP contribution in [0.1, 0.15) is 11.1 Å². The standard InChI is InChI=1S/C38H28F3NO5/c39-38(40,41)37(23-25-11-3-1-4-12-25,42-36(45)46-24-26-13-5-2-6-14-26)35(44)47-32-22-20-28-16-8-10-18-30(28)34(32)33-29-17-9-7-15-27(29)19-21-31(33)43/h1-22,43H,23-24H2,(H,42,45)/t37-/m1/s1. The topological polar surface area (TPSA) is 84.9 Å². The predicted molar refractivity (Wildman–Crippen MR) is 173 cm³/mol. The molecule has 2 N–H and O–H groups in total. The Labute approximate surface area is 268 Å². The van der Waals surface area contributed by atoms with E-state index in [1.807, 2.05) is 17.4 Å². The lowest BCUT2D eigenvalue weighted by Gasteiger charge is -2.34. The number of nitrogens with one attached hydrogen (secondary N) is 1. The Hall–Kier alpha value is -5.83. The molecule has 6 nitrogen and oxygen atoms in total. The highest BCUT2D eigenvalue weighted by molar-refractivity contribution is 6.10. The van der Waals surface area contributed by atoms with Gasteiger partial charge in [0.1, 0.15) is 18.1 Å². The van der Waals surface area contributed by atoms with Crippen LogP contribution in [0.25, 0.3) is 32.7 Å². The van der Waals surface area contributed by atoms with Crippen molar-refractivity contribution >= 4 is 33.6 Å². The number of hydrogen-bond donors (Lipinski definition) is 2. The number of alkyl halides is 3. The van der Waals surface area contributed by atoms with Crippen LogP contribution < -0.4 is 10.1 Å². The second kappa shape index (κ2) is 12.9. The normalized spacial score (nSPS) is 12.7. The SMILES string of the molecule is O=C(N[C@](Cc1ccccc1)(C(=O)Oc1ccc2ccccc2c1-c1c(O)ccc2ccccc12)C(F)(F)F)OCc1ccccc1. The summed E-state index contributed by atoms with van der Waals surface area (Å²) in [6, 6.07) is 36.3. The van der Waals surface area contributed by atoms with Gasteiger partial charge in [0.15, 0.2) is 0 Å². The fourth-order valence-electron chi connectivity index (χ4n) is 5.59. The van der Waals surface area contributed by atoms with E-state index in [1.165, 1.54) is 36.4 Å². The fraction of sp³-hybridized carbons (Fsp3) is 0.105. The maximum absolute atomic E-state index is 15.3. The first-order valence-corrected chi connectivity index (χ1v) is 14.7. The van der Waals surface area contributed by atoms with E-state index in [0.717, 1.165) is 5.39 Å². The lowest BCUT2D eigenvalue weighted by atomic mass is 9.89. The van der Waals surface area contributed by atoms with Crippen LogP contribution in [0.3, 0.4) is 0 Å². The summed E-state index contributed by atoms with van der Waals surface area (Å²) in [5, 5.41) is 15.5. The molecule has 9 heteroatoms. The van der Waals surface area contributed by atoms with Crippen LogP contribution in [0, 0.1) is 0 Å². The van der Waals surface area contributed by atoms with Crippen LogP contribution in [0.2, 0.25) is 0 Å². The van der Waals surface area contributed by atoms with Crippen molar-refractivity contribution in [2.24, 2.45) is 0 Å². The van der Waals surface area contributed by atoms with Crippen LogP contribution in [-0.2, 0) is 22.6 Å². The smallest absolute Gasteiger partial charge is 0.422 e. The molecular weight excluding hydrogens is 607 g/mol. The van der Waals surface area contributed by atoms with Crippen LogP contribution in [0.4, 0.5) is 18.0 Å². The molecule has 0 radical (unpaired) electrons. The summed E-state index contributed by atoms with van der Waals surface area (Å²) in [5.41, 5.74) is -2.39. The molecule has 0 aliphatic rings. The molecule has 0 fully saturated rings. The van der Waals surface area contributed by atoms with E-state index in [9.17, 15) is 14.7 Å². The molecule has 0 heterocycles. The Balaban J connectivity index is 1.47. The monoisotopic (exact) mass is 635 g/mol.